The van der Waals surface area contributed by atoms with Crippen molar-refractivity contribution in [1.82, 2.24) is 0 Å². The molecule has 1 aromatic carbocycles. The van der Waals surface area contributed by atoms with Crippen LogP contribution in [-0.4, -0.2) is 18.0 Å². The van der Waals surface area contributed by atoms with Crippen LogP contribution in [0.25, 0.3) is 0 Å². The second-order valence-corrected chi connectivity index (χ2v) is 5.21. The Hall–Kier alpha value is -1.55. The molecule has 4 heteroatoms. The van der Waals surface area contributed by atoms with Crippen molar-refractivity contribution >= 4 is 11.6 Å². The van der Waals surface area contributed by atoms with Crippen LogP contribution in [0.3, 0.4) is 0 Å². The van der Waals surface area contributed by atoms with Crippen molar-refractivity contribution in [2.45, 2.75) is 38.1 Å². The molecule has 0 bridgehead atoms. The fraction of sp³-hybridized carbons (Fsp3) is 0.500. The second kappa shape index (κ2) is 4.98. The molecule has 98 valence electrons. The van der Waals surface area contributed by atoms with Gasteiger partial charge in [0.2, 0.25) is 5.91 Å². The Bertz CT molecular complexity index is 450. The molecule has 1 fully saturated rings. The highest BCUT2D eigenvalue weighted by Crippen LogP contribution is 2.32. The van der Waals surface area contributed by atoms with E-state index in [9.17, 15) is 4.79 Å². The van der Waals surface area contributed by atoms with E-state index in [0.717, 1.165) is 24.1 Å². The molecular formula is C14H21N3O. The predicted octanol–water partition coefficient (Wildman–Crippen LogP) is 1.78. The van der Waals surface area contributed by atoms with E-state index in [4.69, 9.17) is 11.5 Å². The fourth-order valence-corrected chi connectivity index (χ4v) is 2.76. The van der Waals surface area contributed by atoms with Gasteiger partial charge >= 0.3 is 0 Å². The van der Waals surface area contributed by atoms with Gasteiger partial charge in [-0.15, -0.1) is 0 Å². The minimum absolute atomic E-state index is 0.0285. The molecule has 1 aromatic rings. The summed E-state index contributed by atoms with van der Waals surface area (Å²) in [5.41, 5.74) is 13.7. The molecule has 0 aliphatic heterocycles. The summed E-state index contributed by atoms with van der Waals surface area (Å²) in [4.78, 5) is 11.2. The average molecular weight is 247 g/mol. The van der Waals surface area contributed by atoms with E-state index in [2.05, 4.69) is 5.32 Å². The minimum Gasteiger partial charge on any atom is -0.378 e. The van der Waals surface area contributed by atoms with E-state index in [1.165, 1.54) is 12.8 Å². The number of rotatable bonds is 4. The first-order valence-electron chi connectivity index (χ1n) is 6.45. The van der Waals surface area contributed by atoms with Gasteiger partial charge in [-0.25, -0.2) is 0 Å². The highest BCUT2D eigenvalue weighted by Gasteiger charge is 2.32. The number of hydrogen-bond donors (Lipinski definition) is 3. The van der Waals surface area contributed by atoms with Crippen LogP contribution < -0.4 is 16.8 Å². The van der Waals surface area contributed by atoms with Crippen molar-refractivity contribution < 1.29 is 4.79 Å². The Morgan fingerprint density at radius 2 is 2.06 bits per heavy atom. The van der Waals surface area contributed by atoms with Crippen LogP contribution in [0.15, 0.2) is 18.2 Å². The summed E-state index contributed by atoms with van der Waals surface area (Å²) in [5.74, 6) is -0.381. The molecule has 4 nitrogen and oxygen atoms in total. The predicted molar refractivity (Wildman–Crippen MR) is 73.6 cm³/mol. The molecule has 18 heavy (non-hydrogen) atoms. The number of primary amides is 1. The van der Waals surface area contributed by atoms with Crippen LogP contribution in [0, 0.1) is 6.92 Å². The average Bonchev–Trinajstić information content (AvgIpc) is 2.78. The zero-order valence-electron chi connectivity index (χ0n) is 10.8. The van der Waals surface area contributed by atoms with Gasteiger partial charge in [0, 0.05) is 23.3 Å². The van der Waals surface area contributed by atoms with Crippen molar-refractivity contribution in [1.29, 1.82) is 0 Å². The molecule has 1 aliphatic carbocycles. The number of nitrogens with two attached hydrogens (primary N) is 2. The fourth-order valence-electron chi connectivity index (χ4n) is 2.76. The number of nitrogens with one attached hydrogen (secondary N) is 1. The van der Waals surface area contributed by atoms with Gasteiger partial charge in [0.25, 0.3) is 0 Å². The third kappa shape index (κ3) is 2.48. The Morgan fingerprint density at radius 3 is 2.56 bits per heavy atom. The zero-order valence-corrected chi connectivity index (χ0v) is 10.8. The van der Waals surface area contributed by atoms with Crippen molar-refractivity contribution in [2.24, 2.45) is 11.5 Å². The maximum absolute atomic E-state index is 11.2. The molecular weight excluding hydrogens is 226 g/mol. The summed E-state index contributed by atoms with van der Waals surface area (Å²) in [6.07, 6.45) is 4.67. The van der Waals surface area contributed by atoms with Crippen LogP contribution in [0.1, 0.15) is 41.6 Å². The third-order valence-electron chi connectivity index (χ3n) is 3.85. The first kappa shape index (κ1) is 12.9. The summed E-state index contributed by atoms with van der Waals surface area (Å²) < 4.78 is 0. The Balaban J connectivity index is 2.19. The molecule has 0 heterocycles. The molecule has 0 radical (unpaired) electrons. The van der Waals surface area contributed by atoms with Gasteiger partial charge in [-0.1, -0.05) is 12.8 Å². The summed E-state index contributed by atoms with van der Waals surface area (Å²) >= 11 is 0. The molecule has 0 spiro atoms. The van der Waals surface area contributed by atoms with E-state index in [1.807, 2.05) is 19.1 Å². The van der Waals surface area contributed by atoms with Gasteiger partial charge in [-0.2, -0.15) is 0 Å². The number of carbonyl (C=O) groups excluding carboxylic acids is 1. The molecule has 1 amide bonds. The van der Waals surface area contributed by atoms with Crippen LogP contribution in [-0.2, 0) is 0 Å². The Morgan fingerprint density at radius 1 is 1.39 bits per heavy atom. The van der Waals surface area contributed by atoms with Gasteiger partial charge in [-0.05, 0) is 43.5 Å². The first-order chi connectivity index (χ1) is 8.56. The molecule has 0 aromatic heterocycles. The van der Waals surface area contributed by atoms with Crippen LogP contribution in [0.2, 0.25) is 0 Å². The molecule has 0 unspecified atom stereocenters. The maximum atomic E-state index is 11.2. The topological polar surface area (TPSA) is 81.1 Å². The lowest BCUT2D eigenvalue weighted by molar-refractivity contribution is 0.1000. The molecule has 1 saturated carbocycles. The van der Waals surface area contributed by atoms with Gasteiger partial charge in [-0.3, -0.25) is 4.79 Å². The van der Waals surface area contributed by atoms with E-state index in [1.54, 1.807) is 6.07 Å². The number of anilines is 1. The lowest BCUT2D eigenvalue weighted by Gasteiger charge is -2.30. The highest BCUT2D eigenvalue weighted by molar-refractivity contribution is 5.94. The molecule has 0 saturated heterocycles. The molecule has 2 rings (SSSR count). The number of hydrogen-bond acceptors (Lipinski definition) is 3. The van der Waals surface area contributed by atoms with Crippen molar-refractivity contribution in [3.05, 3.63) is 29.3 Å². The normalized spacial score (nSPS) is 17.7. The van der Waals surface area contributed by atoms with E-state index in [0.29, 0.717) is 12.1 Å². The summed E-state index contributed by atoms with van der Waals surface area (Å²) in [7, 11) is 0. The Labute approximate surface area is 108 Å². The standard InChI is InChI=1S/C14H21N3O/c1-10-8-11(4-5-12(10)13(16)18)17-14(9-15)6-2-3-7-14/h4-5,8,17H,2-3,6-7,9,15H2,1H3,(H2,16,18). The van der Waals surface area contributed by atoms with E-state index < -0.39 is 0 Å². The Kier molecular flexibility index (Phi) is 3.57. The first-order valence-corrected chi connectivity index (χ1v) is 6.45. The van der Waals surface area contributed by atoms with Crippen LogP contribution >= 0.6 is 0 Å². The highest BCUT2D eigenvalue weighted by atomic mass is 16.1. The maximum Gasteiger partial charge on any atom is 0.248 e. The smallest absolute Gasteiger partial charge is 0.248 e. The van der Waals surface area contributed by atoms with Crippen molar-refractivity contribution in [2.75, 3.05) is 11.9 Å². The van der Waals surface area contributed by atoms with Gasteiger partial charge in [0.1, 0.15) is 0 Å². The van der Waals surface area contributed by atoms with Crippen molar-refractivity contribution in [3.63, 3.8) is 0 Å². The quantitative estimate of drug-likeness (QED) is 0.758. The largest absolute Gasteiger partial charge is 0.378 e. The number of amides is 1. The summed E-state index contributed by atoms with van der Waals surface area (Å²) in [5, 5.41) is 3.53. The van der Waals surface area contributed by atoms with E-state index >= 15 is 0 Å². The van der Waals surface area contributed by atoms with E-state index in [-0.39, 0.29) is 11.4 Å². The van der Waals surface area contributed by atoms with Crippen LogP contribution in [0.4, 0.5) is 5.69 Å². The number of carbonyl (C=O) groups is 1. The second-order valence-electron chi connectivity index (χ2n) is 5.21. The van der Waals surface area contributed by atoms with Gasteiger partial charge in [0.15, 0.2) is 0 Å². The summed E-state index contributed by atoms with van der Waals surface area (Å²) in [6.45, 7) is 2.54. The van der Waals surface area contributed by atoms with Crippen LogP contribution in [0.5, 0.6) is 0 Å². The lowest BCUT2D eigenvalue weighted by atomic mass is 9.96. The molecule has 1 aliphatic rings. The number of aryl methyl sites for hydroxylation is 1. The van der Waals surface area contributed by atoms with Gasteiger partial charge < -0.3 is 16.8 Å². The van der Waals surface area contributed by atoms with Gasteiger partial charge in [0.05, 0.1) is 0 Å². The van der Waals surface area contributed by atoms with Crippen molar-refractivity contribution in [3.8, 4) is 0 Å². The monoisotopic (exact) mass is 247 g/mol. The summed E-state index contributed by atoms with van der Waals surface area (Å²) in [6, 6.07) is 5.65. The molecule has 5 N–H and O–H groups in total. The molecule has 0 atom stereocenters. The SMILES string of the molecule is Cc1cc(NC2(CN)CCCC2)ccc1C(N)=O. The lowest BCUT2D eigenvalue weighted by Crippen LogP contribution is -2.42. The number of benzene rings is 1. The minimum atomic E-state index is -0.381. The third-order valence-corrected chi connectivity index (χ3v) is 3.85. The zero-order chi connectivity index (χ0) is 13.2.